The first kappa shape index (κ1) is 11.1. The van der Waals surface area contributed by atoms with Gasteiger partial charge in [0, 0.05) is 0 Å². The first-order valence-electron chi connectivity index (χ1n) is 4.24. The molecule has 2 radical (unpaired) electrons. The van der Waals surface area contributed by atoms with Crippen molar-refractivity contribution in [1.29, 1.82) is 0 Å². The molecule has 0 aliphatic heterocycles. The molecule has 0 bridgehead atoms. The standard InChI is InChI=1S/C9H12BNO3/c1-2-3-9(5-12)4-6(10)7(11-14)8(9)13/h3,6,8,12-14H,1,4-5H2/b11-7-/t6-,8-,9-/m1/s1. The Balaban J connectivity index is 3.08. The summed E-state index contributed by atoms with van der Waals surface area (Å²) in [6, 6.07) is 0. The van der Waals surface area contributed by atoms with Crippen molar-refractivity contribution in [3.63, 3.8) is 0 Å². The molecule has 1 rings (SSSR count). The van der Waals surface area contributed by atoms with Crippen molar-refractivity contribution in [3.8, 4) is 0 Å². The molecule has 0 aromatic carbocycles. The van der Waals surface area contributed by atoms with Gasteiger partial charge in [0.25, 0.3) is 0 Å². The van der Waals surface area contributed by atoms with Crippen molar-refractivity contribution in [2.75, 3.05) is 6.61 Å². The summed E-state index contributed by atoms with van der Waals surface area (Å²) in [7, 11) is 5.63. The molecule has 3 atom stereocenters. The Labute approximate surface area is 83.7 Å². The Hall–Kier alpha value is -1.03. The van der Waals surface area contributed by atoms with Crippen LogP contribution in [-0.2, 0) is 0 Å². The summed E-state index contributed by atoms with van der Waals surface area (Å²) in [6.07, 6.45) is 0.698. The Morgan fingerprint density at radius 1 is 1.79 bits per heavy atom. The highest BCUT2D eigenvalue weighted by molar-refractivity contribution is 6.27. The van der Waals surface area contributed by atoms with Gasteiger partial charge >= 0.3 is 0 Å². The van der Waals surface area contributed by atoms with Crippen LogP contribution in [0.4, 0.5) is 0 Å². The lowest BCUT2D eigenvalue weighted by Crippen LogP contribution is -2.35. The zero-order valence-electron chi connectivity index (χ0n) is 7.72. The second kappa shape index (κ2) is 4.01. The largest absolute Gasteiger partial charge is 0.411 e. The summed E-state index contributed by atoms with van der Waals surface area (Å²) < 4.78 is 0. The van der Waals surface area contributed by atoms with Crippen molar-refractivity contribution in [2.24, 2.45) is 10.6 Å². The third-order valence-electron chi connectivity index (χ3n) is 2.60. The summed E-state index contributed by atoms with van der Waals surface area (Å²) in [5.74, 6) is -0.549. The summed E-state index contributed by atoms with van der Waals surface area (Å²) >= 11 is 0. The van der Waals surface area contributed by atoms with Gasteiger partial charge in [-0.1, -0.05) is 11.7 Å². The van der Waals surface area contributed by atoms with E-state index >= 15 is 0 Å². The van der Waals surface area contributed by atoms with E-state index in [4.69, 9.17) is 13.1 Å². The average molecular weight is 193 g/mol. The van der Waals surface area contributed by atoms with Gasteiger partial charge in [-0.05, 0) is 18.3 Å². The number of nitrogens with zero attached hydrogens (tertiary/aromatic N) is 1. The van der Waals surface area contributed by atoms with E-state index in [0.717, 1.165) is 0 Å². The fraction of sp³-hybridized carbons (Fsp3) is 0.556. The molecule has 74 valence electrons. The molecule has 1 aliphatic rings. The maximum atomic E-state index is 9.77. The summed E-state index contributed by atoms with van der Waals surface area (Å²) in [4.78, 5) is 0. The number of rotatable bonds is 2. The molecular weight excluding hydrogens is 181 g/mol. The molecule has 0 heterocycles. The number of hydrogen-bond donors (Lipinski definition) is 3. The smallest absolute Gasteiger partial charge is 0.107 e. The van der Waals surface area contributed by atoms with Crippen molar-refractivity contribution >= 4 is 13.6 Å². The zero-order chi connectivity index (χ0) is 10.8. The topological polar surface area (TPSA) is 73.0 Å². The van der Waals surface area contributed by atoms with Crippen LogP contribution < -0.4 is 0 Å². The van der Waals surface area contributed by atoms with Crippen LogP contribution in [0, 0.1) is 5.41 Å². The Morgan fingerprint density at radius 2 is 2.43 bits per heavy atom. The SMILES string of the molecule is [B][C@@H]1C[C@](C=C=C)(CO)[C@H](O)/C1=N\O. The van der Waals surface area contributed by atoms with Crippen molar-refractivity contribution in [3.05, 3.63) is 18.4 Å². The fourth-order valence-electron chi connectivity index (χ4n) is 1.79. The summed E-state index contributed by atoms with van der Waals surface area (Å²) in [5, 5.41) is 30.5. The Kier molecular flexibility index (Phi) is 3.16. The number of hydrogen-bond acceptors (Lipinski definition) is 4. The van der Waals surface area contributed by atoms with Crippen molar-refractivity contribution < 1.29 is 15.4 Å². The van der Waals surface area contributed by atoms with E-state index in [1.807, 2.05) is 0 Å². The highest BCUT2D eigenvalue weighted by Crippen LogP contribution is 2.42. The lowest BCUT2D eigenvalue weighted by Gasteiger charge is -2.25. The quantitative estimate of drug-likeness (QED) is 0.247. The van der Waals surface area contributed by atoms with Gasteiger partial charge < -0.3 is 15.4 Å². The van der Waals surface area contributed by atoms with Crippen LogP contribution in [0.5, 0.6) is 0 Å². The van der Waals surface area contributed by atoms with E-state index in [2.05, 4.69) is 17.5 Å². The van der Waals surface area contributed by atoms with Crippen LogP contribution in [0.3, 0.4) is 0 Å². The van der Waals surface area contributed by atoms with Gasteiger partial charge in [-0.25, -0.2) is 0 Å². The zero-order valence-corrected chi connectivity index (χ0v) is 7.72. The second-order valence-electron chi connectivity index (χ2n) is 3.48. The number of aliphatic hydroxyl groups is 2. The van der Waals surface area contributed by atoms with E-state index in [0.29, 0.717) is 6.42 Å². The first-order valence-corrected chi connectivity index (χ1v) is 4.24. The number of aliphatic hydroxyl groups excluding tert-OH is 2. The molecule has 1 saturated carbocycles. The fourth-order valence-corrected chi connectivity index (χ4v) is 1.79. The van der Waals surface area contributed by atoms with Gasteiger partial charge in [-0.2, -0.15) is 0 Å². The molecule has 14 heavy (non-hydrogen) atoms. The highest BCUT2D eigenvalue weighted by Gasteiger charge is 2.47. The van der Waals surface area contributed by atoms with Gasteiger partial charge in [0.1, 0.15) is 6.10 Å². The van der Waals surface area contributed by atoms with Crippen LogP contribution in [-0.4, -0.2) is 41.7 Å². The molecule has 0 unspecified atom stereocenters. The van der Waals surface area contributed by atoms with E-state index in [-0.39, 0.29) is 12.3 Å². The highest BCUT2D eigenvalue weighted by atomic mass is 16.4. The molecule has 4 nitrogen and oxygen atoms in total. The third-order valence-corrected chi connectivity index (χ3v) is 2.60. The third kappa shape index (κ3) is 1.50. The lowest BCUT2D eigenvalue weighted by atomic mass is 9.80. The molecule has 1 aliphatic carbocycles. The minimum atomic E-state index is -1.08. The Morgan fingerprint density at radius 3 is 2.79 bits per heavy atom. The molecule has 0 spiro atoms. The Bertz CT molecular complexity index is 298. The van der Waals surface area contributed by atoms with E-state index in [1.54, 1.807) is 0 Å². The predicted octanol–water partition coefficient (Wildman–Crippen LogP) is -0.142. The monoisotopic (exact) mass is 193 g/mol. The van der Waals surface area contributed by atoms with Gasteiger partial charge in [0.05, 0.1) is 25.6 Å². The van der Waals surface area contributed by atoms with Gasteiger partial charge in [-0.3, -0.25) is 0 Å². The van der Waals surface area contributed by atoms with Gasteiger partial charge in [-0.15, -0.1) is 5.73 Å². The van der Waals surface area contributed by atoms with Crippen molar-refractivity contribution in [2.45, 2.75) is 18.3 Å². The van der Waals surface area contributed by atoms with Crippen LogP contribution >= 0.6 is 0 Å². The molecule has 1 fully saturated rings. The molecule has 0 aromatic rings. The van der Waals surface area contributed by atoms with E-state index in [1.165, 1.54) is 6.08 Å². The molecular formula is C9H12BNO3. The molecule has 0 amide bonds. The van der Waals surface area contributed by atoms with Gasteiger partial charge in [0.2, 0.25) is 0 Å². The molecule has 5 heteroatoms. The minimum absolute atomic E-state index is 0.0885. The lowest BCUT2D eigenvalue weighted by molar-refractivity contribution is 0.0680. The summed E-state index contributed by atoms with van der Waals surface area (Å²) in [5.41, 5.74) is 1.68. The maximum Gasteiger partial charge on any atom is 0.107 e. The van der Waals surface area contributed by atoms with Crippen LogP contribution in [0.15, 0.2) is 23.5 Å². The molecule has 3 N–H and O–H groups in total. The average Bonchev–Trinajstić information content (AvgIpc) is 2.40. The normalized spacial score (nSPS) is 39.7. The van der Waals surface area contributed by atoms with E-state index < -0.39 is 17.3 Å². The molecule has 0 saturated heterocycles. The second-order valence-corrected chi connectivity index (χ2v) is 3.48. The van der Waals surface area contributed by atoms with Crippen molar-refractivity contribution in [1.82, 2.24) is 0 Å². The summed E-state index contributed by atoms with van der Waals surface area (Å²) in [6.45, 7) is 3.09. The van der Waals surface area contributed by atoms with Gasteiger partial charge in [0.15, 0.2) is 0 Å². The first-order chi connectivity index (χ1) is 6.61. The van der Waals surface area contributed by atoms with Crippen LogP contribution in [0.1, 0.15) is 6.42 Å². The van der Waals surface area contributed by atoms with E-state index in [9.17, 15) is 10.2 Å². The molecule has 0 aromatic heterocycles. The van der Waals surface area contributed by atoms with Crippen LogP contribution in [0.25, 0.3) is 0 Å². The maximum absolute atomic E-state index is 9.77. The van der Waals surface area contributed by atoms with Crippen LogP contribution in [0.2, 0.25) is 5.82 Å². The predicted molar refractivity (Wildman–Crippen MR) is 52.6 cm³/mol. The minimum Gasteiger partial charge on any atom is -0.411 e. The number of oxime groups is 1.